The molecule has 2 rings (SSSR count). The maximum Gasteiger partial charge on any atom is 0.244 e. The Hall–Kier alpha value is -0.650. The Morgan fingerprint density at radius 3 is 2.61 bits per heavy atom. The average Bonchev–Trinajstić information content (AvgIpc) is 2.82. The van der Waals surface area contributed by atoms with Crippen molar-refractivity contribution in [2.45, 2.75) is 30.6 Å². The van der Waals surface area contributed by atoms with Crippen molar-refractivity contribution >= 4 is 21.6 Å². The van der Waals surface area contributed by atoms with Gasteiger partial charge in [-0.3, -0.25) is 0 Å². The van der Waals surface area contributed by atoms with E-state index in [0.717, 1.165) is 12.8 Å². The highest BCUT2D eigenvalue weighted by Crippen LogP contribution is 2.27. The molecule has 1 fully saturated rings. The fraction of sp³-hybridized carbons (Fsp3) is 0.583. The van der Waals surface area contributed by atoms with E-state index >= 15 is 0 Å². The lowest BCUT2D eigenvalue weighted by Crippen LogP contribution is -2.31. The van der Waals surface area contributed by atoms with Gasteiger partial charge in [-0.05, 0) is 30.9 Å². The minimum Gasteiger partial charge on any atom is -0.243 e. The van der Waals surface area contributed by atoms with Crippen LogP contribution in [-0.4, -0.2) is 31.3 Å². The summed E-state index contributed by atoms with van der Waals surface area (Å²) in [5.74, 6) is 0.491. The minimum absolute atomic E-state index is 0.201. The van der Waals surface area contributed by atoms with Crippen LogP contribution in [-0.2, 0) is 10.0 Å². The Labute approximate surface area is 113 Å². The molecule has 1 saturated carbocycles. The lowest BCUT2D eigenvalue weighted by atomic mass is 10.1. The molecule has 0 saturated heterocycles. The summed E-state index contributed by atoms with van der Waals surface area (Å²) >= 11 is 5.66. The van der Waals surface area contributed by atoms with Crippen LogP contribution in [0.4, 0.5) is 0 Å². The molecule has 1 aliphatic rings. The van der Waals surface area contributed by atoms with Gasteiger partial charge in [-0.15, -0.1) is 0 Å². The summed E-state index contributed by atoms with van der Waals surface area (Å²) in [6.07, 6.45) is 5.97. The zero-order valence-corrected chi connectivity index (χ0v) is 11.9. The molecular formula is C12H17ClN2O2S. The highest BCUT2D eigenvalue weighted by molar-refractivity contribution is 7.89. The van der Waals surface area contributed by atoms with Crippen molar-refractivity contribution in [1.29, 1.82) is 0 Å². The van der Waals surface area contributed by atoms with Gasteiger partial charge in [0.15, 0.2) is 0 Å². The highest BCUT2D eigenvalue weighted by atomic mass is 35.5. The molecule has 0 spiro atoms. The molecule has 100 valence electrons. The first-order chi connectivity index (χ1) is 8.50. The van der Waals surface area contributed by atoms with Crippen LogP contribution >= 0.6 is 11.6 Å². The smallest absolute Gasteiger partial charge is 0.243 e. The van der Waals surface area contributed by atoms with Crippen molar-refractivity contribution in [3.63, 3.8) is 0 Å². The third kappa shape index (κ3) is 3.02. The molecule has 4 nitrogen and oxygen atoms in total. The Morgan fingerprint density at radius 1 is 1.39 bits per heavy atom. The average molecular weight is 289 g/mol. The Kier molecular flexibility index (Phi) is 4.25. The van der Waals surface area contributed by atoms with Gasteiger partial charge in [0, 0.05) is 19.8 Å². The van der Waals surface area contributed by atoms with E-state index in [1.165, 1.54) is 35.5 Å². The molecule has 6 heteroatoms. The number of hydrogen-bond acceptors (Lipinski definition) is 3. The SMILES string of the molecule is CN(CC1CCCC1)S(=O)(=O)c1ccc(Cl)nc1. The van der Waals surface area contributed by atoms with E-state index < -0.39 is 10.0 Å². The molecule has 1 heterocycles. The fourth-order valence-corrected chi connectivity index (χ4v) is 3.65. The van der Waals surface area contributed by atoms with E-state index in [9.17, 15) is 8.42 Å². The predicted octanol–water partition coefficient (Wildman–Crippen LogP) is 2.55. The molecule has 0 aromatic carbocycles. The normalized spacial score (nSPS) is 17.5. The minimum atomic E-state index is -3.43. The van der Waals surface area contributed by atoms with E-state index in [1.54, 1.807) is 7.05 Å². The Balaban J connectivity index is 2.11. The van der Waals surface area contributed by atoms with Crippen molar-refractivity contribution in [2.75, 3.05) is 13.6 Å². The van der Waals surface area contributed by atoms with Gasteiger partial charge in [0.25, 0.3) is 0 Å². The Morgan fingerprint density at radius 2 is 2.06 bits per heavy atom. The molecule has 0 atom stereocenters. The van der Waals surface area contributed by atoms with Gasteiger partial charge in [0.1, 0.15) is 10.0 Å². The second-order valence-corrected chi connectivity index (χ2v) is 7.18. The number of aromatic nitrogens is 1. The fourth-order valence-electron chi connectivity index (χ4n) is 2.35. The van der Waals surface area contributed by atoms with Gasteiger partial charge in [-0.1, -0.05) is 24.4 Å². The van der Waals surface area contributed by atoms with Gasteiger partial charge in [-0.25, -0.2) is 17.7 Å². The van der Waals surface area contributed by atoms with Gasteiger partial charge in [-0.2, -0.15) is 0 Å². The van der Waals surface area contributed by atoms with E-state index in [2.05, 4.69) is 4.98 Å². The second kappa shape index (κ2) is 5.55. The van der Waals surface area contributed by atoms with Gasteiger partial charge >= 0.3 is 0 Å². The molecule has 0 bridgehead atoms. The number of hydrogen-bond donors (Lipinski definition) is 0. The molecule has 0 unspecified atom stereocenters. The zero-order valence-electron chi connectivity index (χ0n) is 10.3. The third-order valence-electron chi connectivity index (χ3n) is 3.40. The van der Waals surface area contributed by atoms with Crippen LogP contribution in [0.3, 0.4) is 0 Å². The second-order valence-electron chi connectivity index (χ2n) is 4.75. The predicted molar refractivity (Wildman–Crippen MR) is 71.0 cm³/mol. The summed E-state index contributed by atoms with van der Waals surface area (Å²) in [5.41, 5.74) is 0. The number of pyridine rings is 1. The van der Waals surface area contributed by atoms with Crippen LogP contribution in [0.15, 0.2) is 23.2 Å². The molecule has 18 heavy (non-hydrogen) atoms. The van der Waals surface area contributed by atoms with Gasteiger partial charge in [0.2, 0.25) is 10.0 Å². The monoisotopic (exact) mass is 288 g/mol. The molecule has 0 amide bonds. The number of halogens is 1. The molecule has 0 N–H and O–H groups in total. The first kappa shape index (κ1) is 13.8. The zero-order chi connectivity index (χ0) is 13.2. The highest BCUT2D eigenvalue weighted by Gasteiger charge is 2.25. The number of rotatable bonds is 4. The van der Waals surface area contributed by atoms with E-state index in [1.807, 2.05) is 0 Å². The quantitative estimate of drug-likeness (QED) is 0.800. The molecule has 0 aliphatic heterocycles. The van der Waals surface area contributed by atoms with Crippen LogP contribution in [0.5, 0.6) is 0 Å². The van der Waals surface area contributed by atoms with Crippen molar-refractivity contribution < 1.29 is 8.42 Å². The van der Waals surface area contributed by atoms with E-state index in [4.69, 9.17) is 11.6 Å². The van der Waals surface area contributed by atoms with Crippen molar-refractivity contribution in [2.24, 2.45) is 5.92 Å². The summed E-state index contributed by atoms with van der Waals surface area (Å²) in [5, 5.41) is 0.299. The molecule has 1 aromatic heterocycles. The topological polar surface area (TPSA) is 50.3 Å². The lowest BCUT2D eigenvalue weighted by molar-refractivity contribution is 0.387. The van der Waals surface area contributed by atoms with Crippen LogP contribution < -0.4 is 0 Å². The van der Waals surface area contributed by atoms with Crippen molar-refractivity contribution in [3.8, 4) is 0 Å². The summed E-state index contributed by atoms with van der Waals surface area (Å²) in [7, 11) is -1.80. The van der Waals surface area contributed by atoms with Crippen LogP contribution in [0, 0.1) is 5.92 Å². The van der Waals surface area contributed by atoms with Crippen molar-refractivity contribution in [1.82, 2.24) is 9.29 Å². The Bertz CT molecular complexity index is 495. The van der Waals surface area contributed by atoms with Gasteiger partial charge < -0.3 is 0 Å². The number of sulfonamides is 1. The van der Waals surface area contributed by atoms with E-state index in [-0.39, 0.29) is 4.90 Å². The number of nitrogens with zero attached hydrogens (tertiary/aromatic N) is 2. The largest absolute Gasteiger partial charge is 0.244 e. The molecular weight excluding hydrogens is 272 g/mol. The summed E-state index contributed by atoms with van der Waals surface area (Å²) < 4.78 is 26.0. The molecule has 0 radical (unpaired) electrons. The van der Waals surface area contributed by atoms with Crippen molar-refractivity contribution in [3.05, 3.63) is 23.5 Å². The maximum atomic E-state index is 12.3. The van der Waals surface area contributed by atoms with Gasteiger partial charge in [0.05, 0.1) is 0 Å². The third-order valence-corrected chi connectivity index (χ3v) is 5.43. The first-order valence-corrected chi connectivity index (χ1v) is 7.90. The standard InChI is InChI=1S/C12H17ClN2O2S/c1-15(9-10-4-2-3-5-10)18(16,17)11-6-7-12(13)14-8-11/h6-8,10H,2-5,9H2,1H3. The van der Waals surface area contributed by atoms with E-state index in [0.29, 0.717) is 17.6 Å². The lowest BCUT2D eigenvalue weighted by Gasteiger charge is -2.20. The first-order valence-electron chi connectivity index (χ1n) is 6.08. The van der Waals surface area contributed by atoms with Crippen LogP contribution in [0.2, 0.25) is 5.15 Å². The molecule has 1 aliphatic carbocycles. The summed E-state index contributed by atoms with van der Waals surface area (Å²) in [6, 6.07) is 2.99. The van der Waals surface area contributed by atoms with Crippen LogP contribution in [0.1, 0.15) is 25.7 Å². The summed E-state index contributed by atoms with van der Waals surface area (Å²) in [4.78, 5) is 4.02. The maximum absolute atomic E-state index is 12.3. The van der Waals surface area contributed by atoms with Crippen LogP contribution in [0.25, 0.3) is 0 Å². The summed E-state index contributed by atoms with van der Waals surface area (Å²) in [6.45, 7) is 0.588. The molecule has 1 aromatic rings.